The van der Waals surface area contributed by atoms with Crippen LogP contribution in [0.3, 0.4) is 0 Å². The van der Waals surface area contributed by atoms with Crippen LogP contribution in [0, 0.1) is 17.1 Å². The summed E-state index contributed by atoms with van der Waals surface area (Å²) < 4.78 is 13.0. The van der Waals surface area contributed by atoms with Crippen LogP contribution in [-0.2, 0) is 0 Å². The van der Waals surface area contributed by atoms with Crippen LogP contribution in [0.25, 0.3) is 0 Å². The molecule has 0 aliphatic heterocycles. The average Bonchev–Trinajstić information content (AvgIpc) is 2.36. The van der Waals surface area contributed by atoms with E-state index in [1.807, 2.05) is 0 Å². The van der Waals surface area contributed by atoms with Gasteiger partial charge in [0.25, 0.3) is 0 Å². The van der Waals surface area contributed by atoms with Crippen LogP contribution in [-0.4, -0.2) is 9.97 Å². The summed E-state index contributed by atoms with van der Waals surface area (Å²) in [5.41, 5.74) is 0.574. The minimum Gasteiger partial charge on any atom is -0.240 e. The second kappa shape index (κ2) is 4.89. The lowest BCUT2D eigenvalue weighted by Gasteiger charge is -2.08. The minimum absolute atomic E-state index is 0.0151. The highest BCUT2D eigenvalue weighted by atomic mass is 35.5. The van der Waals surface area contributed by atoms with Crippen LogP contribution in [0.4, 0.5) is 4.39 Å². The maximum absolute atomic E-state index is 13.0. The van der Waals surface area contributed by atoms with Gasteiger partial charge in [-0.2, -0.15) is 5.26 Å². The first-order chi connectivity index (χ1) is 8.22. The highest BCUT2D eigenvalue weighted by molar-refractivity contribution is 6.30. The SMILES string of the molecule is N#CC(c1ccc(F)c(Cl)c1)c1ncccn1. The predicted octanol–water partition coefficient (Wildman–Crippen LogP) is 2.92. The van der Waals surface area contributed by atoms with E-state index >= 15 is 0 Å². The summed E-state index contributed by atoms with van der Waals surface area (Å²) in [5.74, 6) is -0.784. The normalized spacial score (nSPS) is 11.8. The van der Waals surface area contributed by atoms with Crippen LogP contribution in [0.2, 0.25) is 5.02 Å². The lowest BCUT2D eigenvalue weighted by atomic mass is 10.00. The van der Waals surface area contributed by atoms with Crippen LogP contribution in [0.5, 0.6) is 0 Å². The topological polar surface area (TPSA) is 49.6 Å². The molecule has 0 amide bonds. The fourth-order valence-corrected chi connectivity index (χ4v) is 1.62. The molecule has 0 saturated carbocycles. The molecule has 0 fully saturated rings. The zero-order valence-electron chi connectivity index (χ0n) is 8.64. The van der Waals surface area contributed by atoms with E-state index in [0.717, 1.165) is 0 Å². The summed E-state index contributed by atoms with van der Waals surface area (Å²) >= 11 is 5.68. The van der Waals surface area contributed by atoms with E-state index in [1.54, 1.807) is 18.5 Å². The highest BCUT2D eigenvalue weighted by Gasteiger charge is 2.17. The van der Waals surface area contributed by atoms with Crippen molar-refractivity contribution in [2.75, 3.05) is 0 Å². The van der Waals surface area contributed by atoms with Gasteiger partial charge < -0.3 is 0 Å². The first-order valence-corrected chi connectivity index (χ1v) is 5.21. The number of nitriles is 1. The Morgan fingerprint density at radius 3 is 2.59 bits per heavy atom. The van der Waals surface area contributed by atoms with Gasteiger partial charge in [0.2, 0.25) is 0 Å². The largest absolute Gasteiger partial charge is 0.240 e. The first kappa shape index (κ1) is 11.5. The molecule has 1 atom stereocenters. The molecule has 1 heterocycles. The van der Waals surface area contributed by atoms with E-state index in [2.05, 4.69) is 16.0 Å². The summed E-state index contributed by atoms with van der Waals surface area (Å²) in [6, 6.07) is 7.89. The summed E-state index contributed by atoms with van der Waals surface area (Å²) in [4.78, 5) is 8.02. The minimum atomic E-state index is -0.644. The van der Waals surface area contributed by atoms with Gasteiger partial charge in [-0.05, 0) is 23.8 Å². The summed E-state index contributed by atoms with van der Waals surface area (Å²) in [5, 5.41) is 9.11. The Bertz CT molecular complexity index is 566. The third-order valence-corrected chi connectivity index (χ3v) is 2.54. The molecule has 1 aromatic carbocycles. The van der Waals surface area contributed by atoms with Gasteiger partial charge in [0.1, 0.15) is 17.6 Å². The smallest absolute Gasteiger partial charge is 0.149 e. The molecule has 0 aliphatic carbocycles. The van der Waals surface area contributed by atoms with Gasteiger partial charge in [-0.15, -0.1) is 0 Å². The molecule has 0 radical (unpaired) electrons. The number of halogens is 2. The van der Waals surface area contributed by atoms with E-state index in [9.17, 15) is 4.39 Å². The van der Waals surface area contributed by atoms with Crippen LogP contribution in [0.1, 0.15) is 17.3 Å². The molecular weight excluding hydrogens is 241 g/mol. The molecule has 3 nitrogen and oxygen atoms in total. The van der Waals surface area contributed by atoms with Crippen molar-refractivity contribution in [3.63, 3.8) is 0 Å². The molecule has 1 unspecified atom stereocenters. The molecule has 0 aliphatic rings. The van der Waals surface area contributed by atoms with Crippen molar-refractivity contribution in [2.24, 2.45) is 0 Å². The third-order valence-electron chi connectivity index (χ3n) is 2.25. The van der Waals surface area contributed by atoms with E-state index in [0.29, 0.717) is 11.4 Å². The molecule has 17 heavy (non-hydrogen) atoms. The summed E-state index contributed by atoms with van der Waals surface area (Å²) in [7, 11) is 0. The van der Waals surface area contributed by atoms with Crippen molar-refractivity contribution in [3.8, 4) is 6.07 Å². The lowest BCUT2D eigenvalue weighted by Crippen LogP contribution is -2.03. The molecule has 84 valence electrons. The molecular formula is C12H7ClFN3. The monoisotopic (exact) mass is 247 g/mol. The maximum Gasteiger partial charge on any atom is 0.149 e. The molecule has 0 bridgehead atoms. The summed E-state index contributed by atoms with van der Waals surface area (Å²) in [6.07, 6.45) is 3.11. The molecule has 0 spiro atoms. The molecule has 0 saturated heterocycles. The summed E-state index contributed by atoms with van der Waals surface area (Å²) in [6.45, 7) is 0. The van der Waals surface area contributed by atoms with E-state index < -0.39 is 11.7 Å². The molecule has 0 N–H and O–H groups in total. The lowest BCUT2D eigenvalue weighted by molar-refractivity contribution is 0.627. The number of hydrogen-bond donors (Lipinski definition) is 0. The van der Waals surface area contributed by atoms with Crippen molar-refractivity contribution >= 4 is 11.6 Å². The Hall–Kier alpha value is -1.99. The van der Waals surface area contributed by atoms with Crippen LogP contribution >= 0.6 is 11.6 Å². The third kappa shape index (κ3) is 2.40. The van der Waals surface area contributed by atoms with Gasteiger partial charge >= 0.3 is 0 Å². The Balaban J connectivity index is 2.44. The van der Waals surface area contributed by atoms with Crippen molar-refractivity contribution < 1.29 is 4.39 Å². The van der Waals surface area contributed by atoms with Crippen molar-refractivity contribution in [3.05, 3.63) is 58.9 Å². The van der Waals surface area contributed by atoms with Gasteiger partial charge in [0.15, 0.2) is 0 Å². The zero-order valence-corrected chi connectivity index (χ0v) is 9.39. The Morgan fingerprint density at radius 2 is 2.00 bits per heavy atom. The Morgan fingerprint density at radius 1 is 1.29 bits per heavy atom. The van der Waals surface area contributed by atoms with Gasteiger partial charge in [0.05, 0.1) is 11.1 Å². The quantitative estimate of drug-likeness (QED) is 0.820. The standard InChI is InChI=1S/C12H7ClFN3/c13-10-6-8(2-3-11(10)14)9(7-15)12-16-4-1-5-17-12/h1-6,9H. The molecule has 2 rings (SSSR count). The van der Waals surface area contributed by atoms with Gasteiger partial charge in [0, 0.05) is 12.4 Å². The first-order valence-electron chi connectivity index (χ1n) is 4.84. The zero-order chi connectivity index (χ0) is 12.3. The average molecular weight is 248 g/mol. The second-order valence-corrected chi connectivity index (χ2v) is 3.75. The van der Waals surface area contributed by atoms with E-state index in [1.165, 1.54) is 18.2 Å². The number of hydrogen-bond acceptors (Lipinski definition) is 3. The van der Waals surface area contributed by atoms with Gasteiger partial charge in [-0.25, -0.2) is 14.4 Å². The number of nitrogens with zero attached hydrogens (tertiary/aromatic N) is 3. The number of aromatic nitrogens is 2. The second-order valence-electron chi connectivity index (χ2n) is 3.34. The molecule has 5 heteroatoms. The van der Waals surface area contributed by atoms with E-state index in [-0.39, 0.29) is 5.02 Å². The Labute approximate surface area is 103 Å². The fourth-order valence-electron chi connectivity index (χ4n) is 1.43. The van der Waals surface area contributed by atoms with Crippen molar-refractivity contribution in [2.45, 2.75) is 5.92 Å². The molecule has 2 aromatic rings. The predicted molar refractivity (Wildman–Crippen MR) is 60.9 cm³/mol. The Kier molecular flexibility index (Phi) is 3.31. The van der Waals surface area contributed by atoms with Gasteiger partial charge in [-0.3, -0.25) is 0 Å². The van der Waals surface area contributed by atoms with Gasteiger partial charge in [-0.1, -0.05) is 17.7 Å². The van der Waals surface area contributed by atoms with Crippen LogP contribution < -0.4 is 0 Å². The van der Waals surface area contributed by atoms with Crippen LogP contribution in [0.15, 0.2) is 36.7 Å². The number of benzene rings is 1. The number of rotatable bonds is 2. The fraction of sp³-hybridized carbons (Fsp3) is 0.0833. The molecule has 1 aromatic heterocycles. The maximum atomic E-state index is 13.0. The van der Waals surface area contributed by atoms with E-state index in [4.69, 9.17) is 16.9 Å². The highest BCUT2D eigenvalue weighted by Crippen LogP contribution is 2.25. The van der Waals surface area contributed by atoms with Crippen molar-refractivity contribution in [1.82, 2.24) is 9.97 Å². The van der Waals surface area contributed by atoms with Crippen molar-refractivity contribution in [1.29, 1.82) is 5.26 Å².